The lowest BCUT2D eigenvalue weighted by Gasteiger charge is -2.29. The Labute approximate surface area is 109 Å². The first-order valence-electron chi connectivity index (χ1n) is 6.09. The lowest BCUT2D eigenvalue weighted by Crippen LogP contribution is -2.45. The number of carbonyl (C=O) groups is 1. The van der Waals surface area contributed by atoms with Gasteiger partial charge in [-0.15, -0.1) is 0 Å². The first-order chi connectivity index (χ1) is 8.29. The zero-order valence-corrected chi connectivity index (χ0v) is 11.5. The molecule has 0 saturated heterocycles. The van der Waals surface area contributed by atoms with E-state index in [0.29, 0.717) is 6.54 Å². The van der Waals surface area contributed by atoms with Crippen LogP contribution in [0.5, 0.6) is 0 Å². The number of benzene rings is 1. The molecule has 0 aliphatic carbocycles. The van der Waals surface area contributed by atoms with Crippen LogP contribution in [0, 0.1) is 0 Å². The van der Waals surface area contributed by atoms with Gasteiger partial charge in [0.1, 0.15) is 5.60 Å². The molecular formula is C14H22N2O2. The summed E-state index contributed by atoms with van der Waals surface area (Å²) in [6.45, 7) is 7.74. The maximum atomic E-state index is 12.0. The van der Waals surface area contributed by atoms with Crippen molar-refractivity contribution in [2.24, 2.45) is 5.73 Å². The Balaban J connectivity index is 2.75. The molecule has 18 heavy (non-hydrogen) atoms. The molecule has 0 saturated carbocycles. The van der Waals surface area contributed by atoms with Gasteiger partial charge in [0, 0.05) is 0 Å². The quantitative estimate of drug-likeness (QED) is 0.839. The number of hydrogen-bond donors (Lipinski definition) is 1. The summed E-state index contributed by atoms with van der Waals surface area (Å²) in [5.41, 5.74) is 6.34. The first-order valence-corrected chi connectivity index (χ1v) is 6.09. The molecule has 1 amide bonds. The number of nitrogens with two attached hydrogens (primary N) is 1. The van der Waals surface area contributed by atoms with Crippen molar-refractivity contribution in [2.75, 3.05) is 0 Å². The molecule has 0 aliphatic heterocycles. The summed E-state index contributed by atoms with van der Waals surface area (Å²) in [5, 5.41) is 0. The third-order valence-electron chi connectivity index (χ3n) is 2.32. The largest absolute Gasteiger partial charge is 0.444 e. The van der Waals surface area contributed by atoms with Crippen LogP contribution < -0.4 is 5.73 Å². The fraction of sp³-hybridized carbons (Fsp3) is 0.500. The molecule has 2 N–H and O–H groups in total. The van der Waals surface area contributed by atoms with Crippen LogP contribution in [0.15, 0.2) is 30.3 Å². The highest BCUT2D eigenvalue weighted by Gasteiger charge is 2.24. The number of ether oxygens (including phenoxy) is 1. The molecule has 1 aromatic rings. The maximum absolute atomic E-state index is 12.0. The Morgan fingerprint density at radius 2 is 1.89 bits per heavy atom. The molecule has 0 spiro atoms. The zero-order chi connectivity index (χ0) is 13.8. The molecule has 0 fully saturated rings. The van der Waals surface area contributed by atoms with Crippen molar-refractivity contribution in [3.63, 3.8) is 0 Å². The fourth-order valence-electron chi connectivity index (χ4n) is 1.48. The van der Waals surface area contributed by atoms with Gasteiger partial charge < -0.3 is 10.5 Å². The molecule has 1 rings (SSSR count). The normalized spacial score (nSPS) is 12.9. The van der Waals surface area contributed by atoms with E-state index in [9.17, 15) is 4.79 Å². The van der Waals surface area contributed by atoms with Crippen LogP contribution in [0.3, 0.4) is 0 Å². The SMILES string of the molecule is CC(N)N(Cc1ccccc1)C(=O)OC(C)(C)C. The minimum absolute atomic E-state index is 0.388. The van der Waals surface area contributed by atoms with Crippen molar-refractivity contribution in [1.29, 1.82) is 0 Å². The van der Waals surface area contributed by atoms with E-state index in [2.05, 4.69) is 0 Å². The topological polar surface area (TPSA) is 55.6 Å². The maximum Gasteiger partial charge on any atom is 0.411 e. The number of nitrogens with zero attached hydrogens (tertiary/aromatic N) is 1. The van der Waals surface area contributed by atoms with Crippen molar-refractivity contribution < 1.29 is 9.53 Å². The highest BCUT2D eigenvalue weighted by Crippen LogP contribution is 2.13. The van der Waals surface area contributed by atoms with Gasteiger partial charge in [-0.3, -0.25) is 4.90 Å². The zero-order valence-electron chi connectivity index (χ0n) is 11.5. The van der Waals surface area contributed by atoms with Crippen LogP contribution in [0.1, 0.15) is 33.3 Å². The van der Waals surface area contributed by atoms with Crippen LogP contribution >= 0.6 is 0 Å². The van der Waals surface area contributed by atoms with Gasteiger partial charge in [-0.25, -0.2) is 4.79 Å². The van der Waals surface area contributed by atoms with Gasteiger partial charge in [-0.2, -0.15) is 0 Å². The van der Waals surface area contributed by atoms with E-state index in [1.54, 1.807) is 6.92 Å². The highest BCUT2D eigenvalue weighted by atomic mass is 16.6. The minimum Gasteiger partial charge on any atom is -0.444 e. The second-order valence-corrected chi connectivity index (χ2v) is 5.33. The van der Waals surface area contributed by atoms with Gasteiger partial charge in [0.2, 0.25) is 0 Å². The van der Waals surface area contributed by atoms with Crippen molar-refractivity contribution in [1.82, 2.24) is 4.90 Å². The Kier molecular flexibility index (Phi) is 4.73. The molecular weight excluding hydrogens is 228 g/mol. The molecule has 0 heterocycles. The molecule has 1 unspecified atom stereocenters. The van der Waals surface area contributed by atoms with Gasteiger partial charge in [-0.1, -0.05) is 30.3 Å². The van der Waals surface area contributed by atoms with Gasteiger partial charge in [0.25, 0.3) is 0 Å². The lowest BCUT2D eigenvalue weighted by atomic mass is 10.2. The average Bonchev–Trinajstić information content (AvgIpc) is 2.24. The molecule has 100 valence electrons. The van der Waals surface area contributed by atoms with Gasteiger partial charge in [0.15, 0.2) is 0 Å². The van der Waals surface area contributed by atoms with Crippen LogP contribution in [-0.2, 0) is 11.3 Å². The van der Waals surface area contributed by atoms with Crippen LogP contribution in [-0.4, -0.2) is 22.8 Å². The van der Waals surface area contributed by atoms with Crippen LogP contribution in [0.2, 0.25) is 0 Å². The monoisotopic (exact) mass is 250 g/mol. The van der Waals surface area contributed by atoms with E-state index in [0.717, 1.165) is 5.56 Å². The second-order valence-electron chi connectivity index (χ2n) is 5.33. The van der Waals surface area contributed by atoms with Gasteiger partial charge >= 0.3 is 6.09 Å². The molecule has 1 aromatic carbocycles. The summed E-state index contributed by atoms with van der Waals surface area (Å²) < 4.78 is 5.34. The minimum atomic E-state index is -0.513. The number of amides is 1. The average molecular weight is 250 g/mol. The summed E-state index contributed by atoms with van der Waals surface area (Å²) in [5.74, 6) is 0. The molecule has 0 aliphatic rings. The Bertz CT molecular complexity index is 383. The van der Waals surface area contributed by atoms with Crippen molar-refractivity contribution in [3.05, 3.63) is 35.9 Å². The van der Waals surface area contributed by atoms with Crippen molar-refractivity contribution in [3.8, 4) is 0 Å². The molecule has 0 radical (unpaired) electrons. The lowest BCUT2D eigenvalue weighted by molar-refractivity contribution is 0.0161. The summed E-state index contributed by atoms with van der Waals surface area (Å²) in [6, 6.07) is 9.72. The Morgan fingerprint density at radius 1 is 1.33 bits per heavy atom. The number of hydrogen-bond acceptors (Lipinski definition) is 3. The van der Waals surface area contributed by atoms with Crippen molar-refractivity contribution >= 4 is 6.09 Å². The van der Waals surface area contributed by atoms with E-state index in [1.807, 2.05) is 51.1 Å². The smallest absolute Gasteiger partial charge is 0.411 e. The summed E-state index contributed by atoms with van der Waals surface area (Å²) in [4.78, 5) is 13.5. The predicted molar refractivity (Wildman–Crippen MR) is 71.9 cm³/mol. The van der Waals surface area contributed by atoms with Gasteiger partial charge in [-0.05, 0) is 33.3 Å². The molecule has 1 atom stereocenters. The molecule has 4 heteroatoms. The third-order valence-corrected chi connectivity index (χ3v) is 2.32. The summed E-state index contributed by atoms with van der Waals surface area (Å²) in [7, 11) is 0. The van der Waals surface area contributed by atoms with E-state index in [4.69, 9.17) is 10.5 Å². The molecule has 4 nitrogen and oxygen atoms in total. The Hall–Kier alpha value is -1.55. The number of rotatable bonds is 3. The first kappa shape index (κ1) is 14.5. The van der Waals surface area contributed by atoms with E-state index in [-0.39, 0.29) is 12.3 Å². The Morgan fingerprint density at radius 3 is 2.33 bits per heavy atom. The van der Waals surface area contributed by atoms with Crippen LogP contribution in [0.4, 0.5) is 4.79 Å². The van der Waals surface area contributed by atoms with Crippen molar-refractivity contribution in [2.45, 2.75) is 46.0 Å². The predicted octanol–water partition coefficient (Wildman–Crippen LogP) is 2.73. The standard InChI is InChI=1S/C14H22N2O2/c1-11(15)16(13(17)18-14(2,3)4)10-12-8-6-5-7-9-12/h5-9,11H,10,15H2,1-4H3. The molecule has 0 aromatic heterocycles. The second kappa shape index (κ2) is 5.87. The van der Waals surface area contributed by atoms with Crippen LogP contribution in [0.25, 0.3) is 0 Å². The highest BCUT2D eigenvalue weighted by molar-refractivity contribution is 5.68. The van der Waals surface area contributed by atoms with Gasteiger partial charge in [0.05, 0.1) is 12.7 Å². The van der Waals surface area contributed by atoms with E-state index < -0.39 is 5.60 Å². The third kappa shape index (κ3) is 4.75. The fourth-order valence-corrected chi connectivity index (χ4v) is 1.48. The summed E-state index contributed by atoms with van der Waals surface area (Å²) >= 11 is 0. The summed E-state index contributed by atoms with van der Waals surface area (Å²) in [6.07, 6.45) is -0.776. The number of carbonyl (C=O) groups excluding carboxylic acids is 1. The van der Waals surface area contributed by atoms with E-state index in [1.165, 1.54) is 4.90 Å². The molecule has 0 bridgehead atoms. The van der Waals surface area contributed by atoms with E-state index >= 15 is 0 Å².